The topological polar surface area (TPSA) is 123 Å². The van der Waals surface area contributed by atoms with Crippen molar-refractivity contribution in [2.75, 3.05) is 6.61 Å². The van der Waals surface area contributed by atoms with Crippen molar-refractivity contribution in [2.24, 2.45) is 10.5 Å². The molecule has 0 fully saturated rings. The minimum Gasteiger partial charge on any atom is -0.466 e. The smallest absolute Gasteiger partial charge is 0.314 e. The lowest BCUT2D eigenvalue weighted by Gasteiger charge is -2.21. The lowest BCUT2D eigenvalue weighted by molar-refractivity contribution is -0.145. The van der Waals surface area contributed by atoms with E-state index in [2.05, 4.69) is 10.0 Å². The van der Waals surface area contributed by atoms with Gasteiger partial charge in [-0.25, -0.2) is 0 Å². The molecule has 1 aromatic rings. The fourth-order valence-corrected chi connectivity index (χ4v) is 2.01. The number of hydrogen-bond acceptors (Lipinski definition) is 5. The Balaban J connectivity index is 3.03. The van der Waals surface area contributed by atoms with Crippen molar-refractivity contribution in [3.8, 4) is 12.1 Å². The minimum absolute atomic E-state index is 0.126. The van der Waals surface area contributed by atoms with Crippen LogP contribution in [0, 0.1) is 28.1 Å². The Morgan fingerprint density at radius 1 is 1.41 bits per heavy atom. The monoisotopic (exact) mass is 297 g/mol. The molecule has 0 heterocycles. The van der Waals surface area contributed by atoms with Crippen molar-refractivity contribution >= 4 is 5.97 Å². The van der Waals surface area contributed by atoms with Gasteiger partial charge in [0.05, 0.1) is 18.7 Å². The number of esters is 1. The van der Waals surface area contributed by atoms with Crippen LogP contribution in [-0.2, 0) is 16.0 Å². The molecular formula is C15H15N5O2. The predicted molar refractivity (Wildman–Crippen MR) is 78.0 cm³/mol. The number of carbonyl (C=O) groups is 1. The summed E-state index contributed by atoms with van der Waals surface area (Å²) in [6.07, 6.45) is -0.0739. The van der Waals surface area contributed by atoms with Crippen LogP contribution in [0.3, 0.4) is 0 Å². The fraction of sp³-hybridized carbons (Fsp3) is 0.400. The maximum Gasteiger partial charge on any atom is 0.314 e. The molecule has 0 aliphatic heterocycles. The van der Waals surface area contributed by atoms with Crippen molar-refractivity contribution in [2.45, 2.75) is 25.8 Å². The molecular weight excluding hydrogens is 282 g/mol. The number of hydrogen-bond donors (Lipinski definition) is 0. The van der Waals surface area contributed by atoms with Crippen LogP contribution < -0.4 is 0 Å². The fourth-order valence-electron chi connectivity index (χ4n) is 2.01. The average molecular weight is 297 g/mol. The Hall–Kier alpha value is -3.02. The van der Waals surface area contributed by atoms with Crippen LogP contribution in [0.4, 0.5) is 0 Å². The van der Waals surface area contributed by atoms with Gasteiger partial charge in [0.1, 0.15) is 11.5 Å². The van der Waals surface area contributed by atoms with Gasteiger partial charge in [-0.15, -0.1) is 0 Å². The standard InChI is InChI=1S/C15H15N5O2/c1-2-22-14(21)13(19-20-18)9-15(10-16,11-17)8-12-6-4-3-5-7-12/h3-7,13H,2,8-9H2,1H3. The summed E-state index contributed by atoms with van der Waals surface area (Å²) in [6.45, 7) is 1.75. The second-order valence-corrected chi connectivity index (χ2v) is 4.64. The molecule has 112 valence electrons. The zero-order chi connectivity index (χ0) is 16.4. The number of azide groups is 1. The molecule has 7 heteroatoms. The summed E-state index contributed by atoms with van der Waals surface area (Å²) in [5, 5.41) is 22.2. The first kappa shape index (κ1) is 17.0. The number of nitrogens with zero attached hydrogens (tertiary/aromatic N) is 5. The van der Waals surface area contributed by atoms with Crippen molar-refractivity contribution in [1.82, 2.24) is 0 Å². The summed E-state index contributed by atoms with van der Waals surface area (Å²) in [4.78, 5) is 14.4. The molecule has 0 saturated carbocycles. The van der Waals surface area contributed by atoms with Crippen LogP contribution in [0.1, 0.15) is 18.9 Å². The van der Waals surface area contributed by atoms with Gasteiger partial charge in [0.2, 0.25) is 0 Å². The van der Waals surface area contributed by atoms with Crippen LogP contribution >= 0.6 is 0 Å². The Labute approximate surface area is 128 Å². The third-order valence-corrected chi connectivity index (χ3v) is 3.07. The predicted octanol–water partition coefficient (Wildman–Crippen LogP) is 2.89. The molecule has 0 amide bonds. The summed E-state index contributed by atoms with van der Waals surface area (Å²) in [6, 6.07) is 11.7. The number of benzene rings is 1. The van der Waals surface area contributed by atoms with Crippen LogP contribution in [-0.4, -0.2) is 18.6 Å². The molecule has 0 aliphatic rings. The van der Waals surface area contributed by atoms with Crippen LogP contribution in [0.5, 0.6) is 0 Å². The third-order valence-electron chi connectivity index (χ3n) is 3.07. The Morgan fingerprint density at radius 2 is 2.05 bits per heavy atom. The van der Waals surface area contributed by atoms with E-state index in [1.54, 1.807) is 31.2 Å². The molecule has 0 aliphatic carbocycles. The van der Waals surface area contributed by atoms with Crippen molar-refractivity contribution in [3.05, 3.63) is 46.3 Å². The average Bonchev–Trinajstić information content (AvgIpc) is 2.54. The van der Waals surface area contributed by atoms with Crippen molar-refractivity contribution in [3.63, 3.8) is 0 Å². The van der Waals surface area contributed by atoms with E-state index in [-0.39, 0.29) is 19.4 Å². The van der Waals surface area contributed by atoms with Gasteiger partial charge in [-0.05, 0) is 24.4 Å². The second kappa shape index (κ2) is 8.31. The van der Waals surface area contributed by atoms with Gasteiger partial charge in [-0.2, -0.15) is 10.5 Å². The molecule has 1 atom stereocenters. The van der Waals surface area contributed by atoms with Crippen LogP contribution in [0.2, 0.25) is 0 Å². The van der Waals surface area contributed by atoms with E-state index in [4.69, 9.17) is 10.3 Å². The van der Waals surface area contributed by atoms with E-state index >= 15 is 0 Å². The molecule has 1 aromatic carbocycles. The van der Waals surface area contributed by atoms with Gasteiger partial charge in [0.25, 0.3) is 0 Å². The number of carbonyl (C=O) groups excluding carboxylic acids is 1. The highest BCUT2D eigenvalue weighted by Gasteiger charge is 2.36. The van der Waals surface area contributed by atoms with E-state index in [1.807, 2.05) is 18.2 Å². The summed E-state index contributed by atoms with van der Waals surface area (Å²) >= 11 is 0. The number of rotatable bonds is 7. The lowest BCUT2D eigenvalue weighted by atomic mass is 9.79. The first-order valence-corrected chi connectivity index (χ1v) is 6.68. The van der Waals surface area contributed by atoms with Crippen LogP contribution in [0.15, 0.2) is 35.4 Å². The summed E-state index contributed by atoms with van der Waals surface area (Å²) in [7, 11) is 0. The molecule has 0 saturated heterocycles. The molecule has 0 bridgehead atoms. The highest BCUT2D eigenvalue weighted by Crippen LogP contribution is 2.29. The zero-order valence-corrected chi connectivity index (χ0v) is 12.1. The van der Waals surface area contributed by atoms with Gasteiger partial charge in [0, 0.05) is 11.3 Å². The SMILES string of the molecule is CCOC(=O)C(CC(C#N)(C#N)Cc1ccccc1)N=[N+]=[N-]. The Morgan fingerprint density at radius 3 is 2.55 bits per heavy atom. The molecule has 22 heavy (non-hydrogen) atoms. The summed E-state index contributed by atoms with van der Waals surface area (Å²) in [5.74, 6) is -0.733. The minimum atomic E-state index is -1.47. The molecule has 1 rings (SSSR count). The van der Waals surface area contributed by atoms with Crippen LogP contribution in [0.25, 0.3) is 10.4 Å². The number of ether oxygens (including phenoxy) is 1. The lowest BCUT2D eigenvalue weighted by Crippen LogP contribution is -2.31. The maximum atomic E-state index is 11.8. The highest BCUT2D eigenvalue weighted by atomic mass is 16.5. The zero-order valence-electron chi connectivity index (χ0n) is 12.1. The second-order valence-electron chi connectivity index (χ2n) is 4.64. The first-order valence-electron chi connectivity index (χ1n) is 6.68. The third kappa shape index (κ3) is 4.52. The molecule has 0 spiro atoms. The van der Waals surface area contributed by atoms with E-state index in [0.717, 1.165) is 5.56 Å². The van der Waals surface area contributed by atoms with Crippen molar-refractivity contribution < 1.29 is 9.53 Å². The van der Waals surface area contributed by atoms with E-state index in [9.17, 15) is 15.3 Å². The largest absolute Gasteiger partial charge is 0.466 e. The Bertz CT molecular complexity index is 624. The molecule has 0 N–H and O–H groups in total. The van der Waals surface area contributed by atoms with E-state index in [1.165, 1.54) is 0 Å². The van der Waals surface area contributed by atoms with E-state index in [0.29, 0.717) is 0 Å². The summed E-state index contributed by atoms with van der Waals surface area (Å²) < 4.78 is 4.82. The number of nitriles is 2. The van der Waals surface area contributed by atoms with Gasteiger partial charge < -0.3 is 4.74 Å². The first-order chi connectivity index (χ1) is 10.6. The molecule has 1 unspecified atom stereocenters. The maximum absolute atomic E-state index is 11.8. The highest BCUT2D eigenvalue weighted by molar-refractivity contribution is 5.76. The quantitative estimate of drug-likeness (QED) is 0.332. The van der Waals surface area contributed by atoms with Gasteiger partial charge in [0.15, 0.2) is 0 Å². The van der Waals surface area contributed by atoms with Gasteiger partial charge >= 0.3 is 5.97 Å². The normalized spacial score (nSPS) is 11.4. The molecule has 0 aromatic heterocycles. The van der Waals surface area contributed by atoms with Gasteiger partial charge in [-0.3, -0.25) is 4.79 Å². The van der Waals surface area contributed by atoms with Crippen molar-refractivity contribution in [1.29, 1.82) is 10.5 Å². The van der Waals surface area contributed by atoms with Gasteiger partial charge in [-0.1, -0.05) is 35.4 Å². The summed E-state index contributed by atoms with van der Waals surface area (Å²) in [5.41, 5.74) is 7.89. The molecule has 0 radical (unpaired) electrons. The molecule has 7 nitrogen and oxygen atoms in total. The van der Waals surface area contributed by atoms with E-state index < -0.39 is 17.4 Å². The Kier molecular flexibility index (Phi) is 6.43.